The zero-order valence-corrected chi connectivity index (χ0v) is 9.63. The maximum atomic E-state index is 13.5. The number of rotatable bonds is 2. The standard InChI is InChI=1S/C13H14F2O2/c1-13(7-2-3-8-17-13)12(16)9-5-4-6-10(14)11(9)15/h4-6H,2-3,7-8H2,1H3. The van der Waals surface area contributed by atoms with Crippen molar-refractivity contribution in [2.75, 3.05) is 6.61 Å². The Labute approximate surface area is 98.6 Å². The normalized spacial score (nSPS) is 24.6. The summed E-state index contributed by atoms with van der Waals surface area (Å²) in [6, 6.07) is 3.62. The lowest BCUT2D eigenvalue weighted by atomic mass is 9.87. The number of hydrogen-bond acceptors (Lipinski definition) is 2. The lowest BCUT2D eigenvalue weighted by molar-refractivity contribution is -0.0428. The van der Waals surface area contributed by atoms with E-state index >= 15 is 0 Å². The highest BCUT2D eigenvalue weighted by molar-refractivity contribution is 6.02. The van der Waals surface area contributed by atoms with Crippen LogP contribution in [0.15, 0.2) is 18.2 Å². The molecule has 1 aliphatic heterocycles. The van der Waals surface area contributed by atoms with Crippen LogP contribution in [0.1, 0.15) is 36.5 Å². The molecule has 0 amide bonds. The molecule has 1 heterocycles. The van der Waals surface area contributed by atoms with Crippen LogP contribution in [-0.4, -0.2) is 18.0 Å². The predicted octanol–water partition coefficient (Wildman–Crippen LogP) is 3.11. The topological polar surface area (TPSA) is 26.3 Å². The third-order valence-electron chi connectivity index (χ3n) is 3.15. The van der Waals surface area contributed by atoms with Crippen molar-refractivity contribution in [3.05, 3.63) is 35.4 Å². The minimum Gasteiger partial charge on any atom is -0.367 e. The first-order chi connectivity index (χ1) is 8.04. The molecule has 1 saturated heterocycles. The van der Waals surface area contributed by atoms with Gasteiger partial charge in [-0.15, -0.1) is 0 Å². The lowest BCUT2D eigenvalue weighted by Gasteiger charge is -2.32. The van der Waals surface area contributed by atoms with Gasteiger partial charge in [0.15, 0.2) is 17.4 Å². The summed E-state index contributed by atoms with van der Waals surface area (Å²) in [4.78, 5) is 12.2. The fourth-order valence-corrected chi connectivity index (χ4v) is 2.08. The van der Waals surface area contributed by atoms with Crippen LogP contribution in [0, 0.1) is 11.6 Å². The second-order valence-corrected chi connectivity index (χ2v) is 4.47. The number of hydrogen-bond donors (Lipinski definition) is 0. The molecule has 1 aromatic carbocycles. The molecule has 2 rings (SSSR count). The van der Waals surface area contributed by atoms with Crippen molar-refractivity contribution in [1.82, 2.24) is 0 Å². The largest absolute Gasteiger partial charge is 0.367 e. The van der Waals surface area contributed by atoms with Crippen molar-refractivity contribution >= 4 is 5.78 Å². The Morgan fingerprint density at radius 3 is 2.76 bits per heavy atom. The molecule has 1 unspecified atom stereocenters. The summed E-state index contributed by atoms with van der Waals surface area (Å²) in [7, 11) is 0. The minimum atomic E-state index is -1.09. The van der Waals surface area contributed by atoms with Crippen LogP contribution in [-0.2, 0) is 4.74 Å². The van der Waals surface area contributed by atoms with Crippen molar-refractivity contribution in [3.63, 3.8) is 0 Å². The second-order valence-electron chi connectivity index (χ2n) is 4.47. The van der Waals surface area contributed by atoms with Gasteiger partial charge in [-0.25, -0.2) is 8.78 Å². The van der Waals surface area contributed by atoms with Gasteiger partial charge in [0.2, 0.25) is 0 Å². The van der Waals surface area contributed by atoms with E-state index in [1.54, 1.807) is 6.92 Å². The first-order valence-corrected chi connectivity index (χ1v) is 5.67. The Balaban J connectivity index is 2.33. The molecule has 0 aliphatic carbocycles. The maximum absolute atomic E-state index is 13.5. The van der Waals surface area contributed by atoms with E-state index in [9.17, 15) is 13.6 Å². The van der Waals surface area contributed by atoms with Gasteiger partial charge in [0, 0.05) is 6.61 Å². The first-order valence-electron chi connectivity index (χ1n) is 5.67. The fourth-order valence-electron chi connectivity index (χ4n) is 2.08. The number of halogens is 2. The van der Waals surface area contributed by atoms with Crippen molar-refractivity contribution in [2.45, 2.75) is 31.8 Å². The van der Waals surface area contributed by atoms with Crippen LogP contribution in [0.3, 0.4) is 0 Å². The molecule has 0 aromatic heterocycles. The average molecular weight is 240 g/mol. The molecule has 0 saturated carbocycles. The van der Waals surface area contributed by atoms with Crippen molar-refractivity contribution < 1.29 is 18.3 Å². The van der Waals surface area contributed by atoms with E-state index in [2.05, 4.69) is 0 Å². The molecule has 0 radical (unpaired) electrons. The van der Waals surface area contributed by atoms with Gasteiger partial charge < -0.3 is 4.74 Å². The highest BCUT2D eigenvalue weighted by Crippen LogP contribution is 2.29. The van der Waals surface area contributed by atoms with E-state index in [-0.39, 0.29) is 5.56 Å². The van der Waals surface area contributed by atoms with E-state index in [0.29, 0.717) is 13.0 Å². The Morgan fingerprint density at radius 2 is 2.12 bits per heavy atom. The van der Waals surface area contributed by atoms with Gasteiger partial charge in [0.25, 0.3) is 0 Å². The summed E-state index contributed by atoms with van der Waals surface area (Å²) in [5, 5.41) is 0. The fraction of sp³-hybridized carbons (Fsp3) is 0.462. The third-order valence-corrected chi connectivity index (χ3v) is 3.15. The lowest BCUT2D eigenvalue weighted by Crippen LogP contribution is -2.41. The van der Waals surface area contributed by atoms with E-state index in [1.807, 2.05) is 0 Å². The highest BCUT2D eigenvalue weighted by atomic mass is 19.2. The van der Waals surface area contributed by atoms with Crippen molar-refractivity contribution in [3.8, 4) is 0 Å². The average Bonchev–Trinajstić information content (AvgIpc) is 2.33. The third kappa shape index (κ3) is 2.22. The molecule has 92 valence electrons. The van der Waals surface area contributed by atoms with Gasteiger partial charge >= 0.3 is 0 Å². The number of Topliss-reactive ketones (excluding diaryl/α,β-unsaturated/α-hetero) is 1. The number of ether oxygens (including phenoxy) is 1. The molecule has 4 heteroatoms. The monoisotopic (exact) mass is 240 g/mol. The van der Waals surface area contributed by atoms with Crippen LogP contribution in [0.4, 0.5) is 8.78 Å². The van der Waals surface area contributed by atoms with Crippen LogP contribution in [0.25, 0.3) is 0 Å². The molecule has 0 spiro atoms. The van der Waals surface area contributed by atoms with Gasteiger partial charge in [-0.3, -0.25) is 4.79 Å². The van der Waals surface area contributed by atoms with Gasteiger partial charge in [0.05, 0.1) is 5.56 Å². The first kappa shape index (κ1) is 12.2. The molecular weight excluding hydrogens is 226 g/mol. The number of benzene rings is 1. The van der Waals surface area contributed by atoms with Crippen LogP contribution in [0.2, 0.25) is 0 Å². The van der Waals surface area contributed by atoms with Crippen molar-refractivity contribution in [1.29, 1.82) is 0 Å². The zero-order chi connectivity index (χ0) is 12.5. The second kappa shape index (κ2) is 4.53. The van der Waals surface area contributed by atoms with Gasteiger partial charge in [0.1, 0.15) is 5.60 Å². The Morgan fingerprint density at radius 1 is 1.35 bits per heavy atom. The minimum absolute atomic E-state index is 0.227. The van der Waals surface area contributed by atoms with Gasteiger partial charge in [-0.2, -0.15) is 0 Å². The van der Waals surface area contributed by atoms with Gasteiger partial charge in [-0.1, -0.05) is 6.07 Å². The molecule has 0 N–H and O–H groups in total. The summed E-state index contributed by atoms with van der Waals surface area (Å²) in [5.74, 6) is -2.57. The van der Waals surface area contributed by atoms with Crippen LogP contribution < -0.4 is 0 Å². The van der Waals surface area contributed by atoms with Crippen LogP contribution in [0.5, 0.6) is 0 Å². The molecule has 17 heavy (non-hydrogen) atoms. The Bertz CT molecular complexity index is 437. The summed E-state index contributed by atoms with van der Waals surface area (Å²) in [6.07, 6.45) is 2.30. The SMILES string of the molecule is CC1(C(=O)c2cccc(F)c2F)CCCCO1. The Hall–Kier alpha value is -1.29. The summed E-state index contributed by atoms with van der Waals surface area (Å²) < 4.78 is 32.0. The van der Waals surface area contributed by atoms with E-state index in [1.165, 1.54) is 12.1 Å². The summed E-state index contributed by atoms with van der Waals surface area (Å²) in [5.41, 5.74) is -1.25. The molecular formula is C13H14F2O2. The molecule has 1 aromatic rings. The van der Waals surface area contributed by atoms with Crippen molar-refractivity contribution in [2.24, 2.45) is 0 Å². The molecule has 2 nitrogen and oxygen atoms in total. The van der Waals surface area contributed by atoms with Gasteiger partial charge in [-0.05, 0) is 38.3 Å². The smallest absolute Gasteiger partial charge is 0.197 e. The number of carbonyl (C=O) groups excluding carboxylic acids is 1. The molecule has 1 fully saturated rings. The summed E-state index contributed by atoms with van der Waals surface area (Å²) in [6.45, 7) is 2.12. The molecule has 0 bridgehead atoms. The van der Waals surface area contributed by atoms with E-state index in [0.717, 1.165) is 18.9 Å². The van der Waals surface area contributed by atoms with E-state index < -0.39 is 23.0 Å². The molecule has 1 aliphatic rings. The molecule has 1 atom stereocenters. The van der Waals surface area contributed by atoms with Crippen LogP contribution >= 0.6 is 0 Å². The maximum Gasteiger partial charge on any atom is 0.197 e. The van der Waals surface area contributed by atoms with E-state index in [4.69, 9.17) is 4.74 Å². The number of ketones is 1. The quantitative estimate of drug-likeness (QED) is 0.742. The zero-order valence-electron chi connectivity index (χ0n) is 9.63. The Kier molecular flexibility index (Phi) is 3.24. The summed E-state index contributed by atoms with van der Waals surface area (Å²) >= 11 is 0. The number of carbonyl (C=O) groups is 1. The predicted molar refractivity (Wildman–Crippen MR) is 58.9 cm³/mol. The highest BCUT2D eigenvalue weighted by Gasteiger charge is 2.38.